The molecule has 0 fully saturated rings. The van der Waals surface area contributed by atoms with E-state index in [0.29, 0.717) is 22.9 Å². The number of aromatic nitrogens is 6. The summed E-state index contributed by atoms with van der Waals surface area (Å²) in [7, 11) is 4.03. The average molecular weight is 478 g/mol. The molecule has 2 aromatic carbocycles. The molecule has 10 nitrogen and oxygen atoms in total. The fourth-order valence-corrected chi connectivity index (χ4v) is 4.15. The van der Waals surface area contributed by atoms with Crippen molar-refractivity contribution < 1.29 is 4.52 Å². The number of pyridine rings is 1. The lowest BCUT2D eigenvalue weighted by Gasteiger charge is -2.13. The van der Waals surface area contributed by atoms with Crippen LogP contribution in [0.2, 0.25) is 0 Å². The molecule has 0 spiro atoms. The van der Waals surface area contributed by atoms with Gasteiger partial charge in [0.05, 0.1) is 28.4 Å². The summed E-state index contributed by atoms with van der Waals surface area (Å²) in [5.74, 6) is 1.28. The van der Waals surface area contributed by atoms with Gasteiger partial charge in [-0.15, -0.1) is 0 Å². The Balaban J connectivity index is 1.37. The number of anilines is 5. The zero-order valence-electron chi connectivity index (χ0n) is 19.9. The third kappa shape index (κ3) is 3.84. The quantitative estimate of drug-likeness (QED) is 0.289. The molecule has 0 aliphatic rings. The van der Waals surface area contributed by atoms with E-state index in [1.54, 1.807) is 12.4 Å². The SMILES string of the molecule is Cc1cc(Nc2ncccc2-c2ncnc3[nH]ncc23)c2onc(Nc3ccc(N(C)C)cc3)c2c1. The van der Waals surface area contributed by atoms with Crippen LogP contribution in [0, 0.1) is 6.92 Å². The molecule has 0 aliphatic heterocycles. The van der Waals surface area contributed by atoms with Crippen molar-refractivity contribution in [2.75, 3.05) is 29.6 Å². The van der Waals surface area contributed by atoms with Crippen molar-refractivity contribution in [1.82, 2.24) is 30.3 Å². The summed E-state index contributed by atoms with van der Waals surface area (Å²) in [6.07, 6.45) is 4.96. The van der Waals surface area contributed by atoms with Gasteiger partial charge < -0.3 is 20.1 Å². The third-order valence-electron chi connectivity index (χ3n) is 5.93. The summed E-state index contributed by atoms with van der Waals surface area (Å²) >= 11 is 0. The van der Waals surface area contributed by atoms with Crippen molar-refractivity contribution >= 4 is 50.7 Å². The molecule has 4 heterocycles. The lowest BCUT2D eigenvalue weighted by Crippen LogP contribution is -2.08. The highest BCUT2D eigenvalue weighted by molar-refractivity contribution is 6.00. The second kappa shape index (κ2) is 8.66. The minimum atomic E-state index is 0.626. The van der Waals surface area contributed by atoms with Gasteiger partial charge in [-0.05, 0) is 61.0 Å². The van der Waals surface area contributed by atoms with Gasteiger partial charge >= 0.3 is 0 Å². The van der Waals surface area contributed by atoms with Crippen LogP contribution in [0.5, 0.6) is 0 Å². The summed E-state index contributed by atoms with van der Waals surface area (Å²) in [5, 5.41) is 19.8. The smallest absolute Gasteiger partial charge is 0.192 e. The van der Waals surface area contributed by atoms with E-state index in [-0.39, 0.29) is 0 Å². The largest absolute Gasteiger partial charge is 0.378 e. The standard InChI is InChI=1S/C26H23N9O/c1-15-11-19-23(36-34-26(19)31-16-6-8-17(9-7-16)35(2)3)21(12-15)32-24-18(5-4-10-27-24)22-20-13-30-33-25(20)29-14-28-22/h4-14H,1-3H3,(H,27,32)(H,31,34)(H,28,29,30,33). The van der Waals surface area contributed by atoms with Crippen molar-refractivity contribution in [2.24, 2.45) is 0 Å². The van der Waals surface area contributed by atoms with Crippen molar-refractivity contribution in [3.8, 4) is 11.3 Å². The fraction of sp³-hybridized carbons (Fsp3) is 0.115. The molecule has 10 heteroatoms. The van der Waals surface area contributed by atoms with Crippen molar-refractivity contribution in [2.45, 2.75) is 6.92 Å². The van der Waals surface area contributed by atoms with Gasteiger partial charge in [-0.3, -0.25) is 5.10 Å². The molecule has 0 unspecified atom stereocenters. The highest BCUT2D eigenvalue weighted by Gasteiger charge is 2.17. The Kier molecular flexibility index (Phi) is 5.18. The van der Waals surface area contributed by atoms with E-state index in [9.17, 15) is 0 Å². The fourth-order valence-electron chi connectivity index (χ4n) is 4.15. The Morgan fingerprint density at radius 1 is 0.917 bits per heavy atom. The van der Waals surface area contributed by atoms with E-state index in [1.807, 2.05) is 57.4 Å². The summed E-state index contributed by atoms with van der Waals surface area (Å²) in [5.41, 5.74) is 6.69. The normalized spacial score (nSPS) is 11.2. The van der Waals surface area contributed by atoms with Gasteiger partial charge in [0.25, 0.3) is 0 Å². The summed E-state index contributed by atoms with van der Waals surface area (Å²) in [6.45, 7) is 2.03. The van der Waals surface area contributed by atoms with Crippen LogP contribution in [0.4, 0.5) is 28.7 Å². The topological polar surface area (TPSA) is 121 Å². The van der Waals surface area contributed by atoms with Crippen molar-refractivity contribution in [3.63, 3.8) is 0 Å². The molecule has 0 aliphatic carbocycles. The maximum atomic E-state index is 5.79. The average Bonchev–Trinajstić information content (AvgIpc) is 3.52. The molecule has 36 heavy (non-hydrogen) atoms. The van der Waals surface area contributed by atoms with Crippen LogP contribution in [-0.2, 0) is 0 Å². The van der Waals surface area contributed by atoms with Crippen LogP contribution in [-0.4, -0.2) is 44.4 Å². The van der Waals surface area contributed by atoms with E-state index in [1.165, 1.54) is 6.33 Å². The molecule has 4 aromatic heterocycles. The lowest BCUT2D eigenvalue weighted by atomic mass is 10.1. The molecular formula is C26H23N9O. The number of fused-ring (bicyclic) bond motifs is 2. The number of benzene rings is 2. The number of aryl methyl sites for hydroxylation is 1. The van der Waals surface area contributed by atoms with Gasteiger partial charge in [0.1, 0.15) is 12.1 Å². The molecule has 0 saturated carbocycles. The molecule has 6 aromatic rings. The van der Waals surface area contributed by atoms with Crippen molar-refractivity contribution in [1.29, 1.82) is 0 Å². The Bertz CT molecular complexity index is 1690. The van der Waals surface area contributed by atoms with E-state index in [2.05, 4.69) is 58.0 Å². The van der Waals surface area contributed by atoms with E-state index in [4.69, 9.17) is 4.52 Å². The Morgan fingerprint density at radius 2 is 1.78 bits per heavy atom. The number of rotatable bonds is 6. The first-order valence-corrected chi connectivity index (χ1v) is 11.4. The minimum Gasteiger partial charge on any atom is -0.378 e. The monoisotopic (exact) mass is 477 g/mol. The van der Waals surface area contributed by atoms with Crippen LogP contribution >= 0.6 is 0 Å². The van der Waals surface area contributed by atoms with Gasteiger partial charge in [0, 0.05) is 37.2 Å². The first-order valence-electron chi connectivity index (χ1n) is 11.4. The number of hydrogen-bond acceptors (Lipinski definition) is 9. The molecular weight excluding hydrogens is 454 g/mol. The first kappa shape index (κ1) is 21.5. The van der Waals surface area contributed by atoms with E-state index in [0.717, 1.165) is 44.7 Å². The predicted molar refractivity (Wildman–Crippen MR) is 141 cm³/mol. The third-order valence-corrected chi connectivity index (χ3v) is 5.93. The number of hydrogen-bond donors (Lipinski definition) is 3. The number of nitrogens with zero attached hydrogens (tertiary/aromatic N) is 6. The minimum absolute atomic E-state index is 0.626. The van der Waals surface area contributed by atoms with Crippen LogP contribution in [0.3, 0.4) is 0 Å². The summed E-state index contributed by atoms with van der Waals surface area (Å²) < 4.78 is 5.79. The number of nitrogens with one attached hydrogen (secondary N) is 3. The molecule has 0 amide bonds. The maximum absolute atomic E-state index is 5.79. The highest BCUT2D eigenvalue weighted by atomic mass is 16.5. The lowest BCUT2D eigenvalue weighted by molar-refractivity contribution is 0.461. The van der Waals surface area contributed by atoms with Crippen molar-refractivity contribution in [3.05, 3.63) is 72.8 Å². The Hall–Kier alpha value is -4.99. The predicted octanol–water partition coefficient (Wildman–Crippen LogP) is 5.42. The van der Waals surface area contributed by atoms with Gasteiger partial charge in [-0.25, -0.2) is 15.0 Å². The first-order chi connectivity index (χ1) is 17.6. The van der Waals surface area contributed by atoms with E-state index >= 15 is 0 Å². The zero-order valence-corrected chi connectivity index (χ0v) is 19.9. The molecule has 178 valence electrons. The molecule has 0 radical (unpaired) electrons. The number of aromatic amines is 1. The molecule has 3 N–H and O–H groups in total. The summed E-state index contributed by atoms with van der Waals surface area (Å²) in [4.78, 5) is 15.4. The van der Waals surface area contributed by atoms with Crippen LogP contribution < -0.4 is 15.5 Å². The number of H-pyrrole nitrogens is 1. The van der Waals surface area contributed by atoms with Crippen LogP contribution in [0.25, 0.3) is 33.3 Å². The molecule has 0 bridgehead atoms. The van der Waals surface area contributed by atoms with Gasteiger partial charge in [0.2, 0.25) is 0 Å². The van der Waals surface area contributed by atoms with Crippen LogP contribution in [0.1, 0.15) is 5.56 Å². The summed E-state index contributed by atoms with van der Waals surface area (Å²) in [6, 6.07) is 16.0. The Morgan fingerprint density at radius 3 is 2.61 bits per heavy atom. The van der Waals surface area contributed by atoms with Gasteiger partial charge in [0.15, 0.2) is 17.0 Å². The Labute approximate surface area is 206 Å². The second-order valence-electron chi connectivity index (χ2n) is 8.67. The molecule has 6 rings (SSSR count). The van der Waals surface area contributed by atoms with Gasteiger partial charge in [-0.1, -0.05) is 5.16 Å². The van der Waals surface area contributed by atoms with Gasteiger partial charge in [-0.2, -0.15) is 5.10 Å². The molecule has 0 saturated heterocycles. The molecule has 0 atom stereocenters. The van der Waals surface area contributed by atoms with Crippen LogP contribution in [0.15, 0.2) is 71.8 Å². The second-order valence-corrected chi connectivity index (χ2v) is 8.67. The highest BCUT2D eigenvalue weighted by Crippen LogP contribution is 2.36. The van der Waals surface area contributed by atoms with E-state index < -0.39 is 0 Å². The maximum Gasteiger partial charge on any atom is 0.192 e. The zero-order chi connectivity index (χ0) is 24.6.